The molecule has 0 radical (unpaired) electrons. The third-order valence-corrected chi connectivity index (χ3v) is 3.84. The second-order valence-electron chi connectivity index (χ2n) is 4.25. The van der Waals surface area contributed by atoms with Crippen LogP contribution in [0.2, 0.25) is 5.02 Å². The Morgan fingerprint density at radius 2 is 1.90 bits per heavy atom. The maximum Gasteiger partial charge on any atom is 0.251 e. The van der Waals surface area contributed by atoms with Crippen LogP contribution in [0, 0.1) is 3.57 Å². The highest BCUT2D eigenvalue weighted by molar-refractivity contribution is 14.1. The molecule has 0 saturated heterocycles. The van der Waals surface area contributed by atoms with Crippen molar-refractivity contribution in [3.05, 3.63) is 62.2 Å². The summed E-state index contributed by atoms with van der Waals surface area (Å²) in [5.74, 6) is -0.0785. The molecule has 0 heterocycles. The van der Waals surface area contributed by atoms with E-state index >= 15 is 0 Å². The van der Waals surface area contributed by atoms with E-state index in [9.17, 15) is 4.79 Å². The first-order valence-corrected chi connectivity index (χ1v) is 7.56. The van der Waals surface area contributed by atoms with Gasteiger partial charge in [-0.15, -0.1) is 0 Å². The number of carbonyl (C=O) groups is 1. The number of benzene rings is 2. The monoisotopic (exact) mass is 400 g/mol. The average molecular weight is 401 g/mol. The first kappa shape index (κ1) is 15.1. The summed E-state index contributed by atoms with van der Waals surface area (Å²) in [6.07, 6.45) is 0. The summed E-state index contributed by atoms with van der Waals surface area (Å²) in [5.41, 5.74) is 2.65. The van der Waals surface area contributed by atoms with Gasteiger partial charge in [0.1, 0.15) is 0 Å². The quantitative estimate of drug-likeness (QED) is 0.764. The summed E-state index contributed by atoms with van der Waals surface area (Å²) in [7, 11) is 1.62. The van der Waals surface area contributed by atoms with Crippen LogP contribution in [0.4, 0.5) is 5.69 Å². The second kappa shape index (κ2) is 6.95. The SMILES string of the molecule is CNC(=O)c1ccc(CNc2ccc(I)cc2Cl)cc1. The summed E-state index contributed by atoms with van der Waals surface area (Å²) >= 11 is 8.39. The van der Waals surface area contributed by atoms with Crippen molar-refractivity contribution in [2.45, 2.75) is 6.54 Å². The van der Waals surface area contributed by atoms with Gasteiger partial charge in [0.15, 0.2) is 0 Å². The van der Waals surface area contributed by atoms with Crippen molar-refractivity contribution in [2.24, 2.45) is 0 Å². The molecular weight excluding hydrogens is 387 g/mol. The molecular formula is C15H14ClIN2O. The third-order valence-electron chi connectivity index (χ3n) is 2.86. The third kappa shape index (κ3) is 3.86. The lowest BCUT2D eigenvalue weighted by Crippen LogP contribution is -2.17. The van der Waals surface area contributed by atoms with Gasteiger partial charge in [0.25, 0.3) is 5.91 Å². The van der Waals surface area contributed by atoms with Gasteiger partial charge in [-0.25, -0.2) is 0 Å². The maximum absolute atomic E-state index is 11.4. The molecule has 0 aromatic heterocycles. The molecule has 104 valence electrons. The topological polar surface area (TPSA) is 41.1 Å². The van der Waals surface area contributed by atoms with E-state index in [2.05, 4.69) is 33.2 Å². The van der Waals surface area contributed by atoms with Crippen molar-refractivity contribution < 1.29 is 4.79 Å². The van der Waals surface area contributed by atoms with Crippen LogP contribution in [0.5, 0.6) is 0 Å². The fraction of sp³-hybridized carbons (Fsp3) is 0.133. The van der Waals surface area contributed by atoms with E-state index in [1.54, 1.807) is 7.05 Å². The lowest BCUT2D eigenvalue weighted by molar-refractivity contribution is 0.0963. The number of amides is 1. The van der Waals surface area contributed by atoms with Gasteiger partial charge in [0.2, 0.25) is 0 Å². The van der Waals surface area contributed by atoms with E-state index < -0.39 is 0 Å². The summed E-state index contributed by atoms with van der Waals surface area (Å²) < 4.78 is 1.10. The minimum Gasteiger partial charge on any atom is -0.380 e. The minimum absolute atomic E-state index is 0.0785. The Labute approximate surface area is 136 Å². The summed E-state index contributed by atoms with van der Waals surface area (Å²) in [4.78, 5) is 11.4. The number of halogens is 2. The molecule has 2 aromatic carbocycles. The maximum atomic E-state index is 11.4. The highest BCUT2D eigenvalue weighted by atomic mass is 127. The van der Waals surface area contributed by atoms with Gasteiger partial charge in [-0.05, 0) is 58.5 Å². The number of hydrogen-bond acceptors (Lipinski definition) is 2. The van der Waals surface area contributed by atoms with Crippen LogP contribution in [0.25, 0.3) is 0 Å². The Kier molecular flexibility index (Phi) is 5.25. The van der Waals surface area contributed by atoms with E-state index in [0.29, 0.717) is 17.1 Å². The van der Waals surface area contributed by atoms with Gasteiger partial charge in [-0.3, -0.25) is 4.79 Å². The Balaban J connectivity index is 2.02. The standard InChI is InChI=1S/C15H14ClIN2O/c1-18-15(20)11-4-2-10(3-5-11)9-19-14-7-6-12(17)8-13(14)16/h2-8,19H,9H2,1H3,(H,18,20). The lowest BCUT2D eigenvalue weighted by atomic mass is 10.1. The van der Waals surface area contributed by atoms with Crippen LogP contribution in [0.15, 0.2) is 42.5 Å². The molecule has 5 heteroatoms. The molecule has 2 aromatic rings. The van der Waals surface area contributed by atoms with Crippen molar-refractivity contribution in [3.63, 3.8) is 0 Å². The van der Waals surface area contributed by atoms with E-state index in [4.69, 9.17) is 11.6 Å². The van der Waals surface area contributed by atoms with Crippen molar-refractivity contribution in [1.29, 1.82) is 0 Å². The van der Waals surface area contributed by atoms with Crippen molar-refractivity contribution in [3.8, 4) is 0 Å². The first-order chi connectivity index (χ1) is 9.60. The molecule has 1 amide bonds. The molecule has 0 aliphatic carbocycles. The molecule has 0 fully saturated rings. The molecule has 20 heavy (non-hydrogen) atoms. The van der Waals surface area contributed by atoms with Crippen LogP contribution in [-0.4, -0.2) is 13.0 Å². The van der Waals surface area contributed by atoms with E-state index in [-0.39, 0.29) is 5.91 Å². The van der Waals surface area contributed by atoms with Crippen molar-refractivity contribution in [2.75, 3.05) is 12.4 Å². The highest BCUT2D eigenvalue weighted by Gasteiger charge is 2.03. The van der Waals surface area contributed by atoms with Crippen LogP contribution in [0.1, 0.15) is 15.9 Å². The summed E-state index contributed by atoms with van der Waals surface area (Å²) in [6, 6.07) is 13.4. The molecule has 0 unspecified atom stereocenters. The molecule has 0 aliphatic heterocycles. The van der Waals surface area contributed by atoms with Crippen LogP contribution < -0.4 is 10.6 Å². The van der Waals surface area contributed by atoms with Crippen LogP contribution in [0.3, 0.4) is 0 Å². The Morgan fingerprint density at radius 1 is 1.20 bits per heavy atom. The number of rotatable bonds is 4. The number of carbonyl (C=O) groups excluding carboxylic acids is 1. The molecule has 0 aliphatic rings. The van der Waals surface area contributed by atoms with Crippen molar-refractivity contribution >= 4 is 45.8 Å². The van der Waals surface area contributed by atoms with Crippen molar-refractivity contribution in [1.82, 2.24) is 5.32 Å². The molecule has 2 N–H and O–H groups in total. The van der Waals surface area contributed by atoms with Gasteiger partial charge < -0.3 is 10.6 Å². The molecule has 0 spiro atoms. The number of hydrogen-bond donors (Lipinski definition) is 2. The zero-order valence-corrected chi connectivity index (χ0v) is 13.8. The predicted molar refractivity (Wildman–Crippen MR) is 91.3 cm³/mol. The van der Waals surface area contributed by atoms with Crippen LogP contribution >= 0.6 is 34.2 Å². The Bertz CT molecular complexity index is 614. The number of anilines is 1. The molecule has 0 saturated carbocycles. The average Bonchev–Trinajstić information content (AvgIpc) is 2.46. The van der Waals surface area contributed by atoms with Gasteiger partial charge >= 0.3 is 0 Å². The smallest absolute Gasteiger partial charge is 0.251 e. The van der Waals surface area contributed by atoms with Gasteiger partial charge in [0.05, 0.1) is 10.7 Å². The fourth-order valence-electron chi connectivity index (χ4n) is 1.75. The predicted octanol–water partition coefficient (Wildman–Crippen LogP) is 3.92. The van der Waals surface area contributed by atoms with Crippen LogP contribution in [-0.2, 0) is 6.54 Å². The lowest BCUT2D eigenvalue weighted by Gasteiger charge is -2.09. The minimum atomic E-state index is -0.0785. The van der Waals surface area contributed by atoms with E-state index in [1.807, 2.05) is 42.5 Å². The fourth-order valence-corrected chi connectivity index (χ4v) is 2.67. The largest absolute Gasteiger partial charge is 0.380 e. The molecule has 0 atom stereocenters. The normalized spacial score (nSPS) is 10.2. The number of nitrogens with one attached hydrogen (secondary N) is 2. The second-order valence-corrected chi connectivity index (χ2v) is 5.91. The van der Waals surface area contributed by atoms with Gasteiger partial charge in [-0.2, -0.15) is 0 Å². The Hall–Kier alpha value is -1.27. The first-order valence-electron chi connectivity index (χ1n) is 6.10. The summed E-state index contributed by atoms with van der Waals surface area (Å²) in [5, 5.41) is 6.59. The highest BCUT2D eigenvalue weighted by Crippen LogP contribution is 2.24. The van der Waals surface area contributed by atoms with E-state index in [1.165, 1.54) is 0 Å². The zero-order chi connectivity index (χ0) is 14.5. The summed E-state index contributed by atoms with van der Waals surface area (Å²) in [6.45, 7) is 0.661. The Morgan fingerprint density at radius 3 is 2.50 bits per heavy atom. The van der Waals surface area contributed by atoms with Gasteiger partial charge in [-0.1, -0.05) is 23.7 Å². The molecule has 0 bridgehead atoms. The zero-order valence-electron chi connectivity index (χ0n) is 10.9. The van der Waals surface area contributed by atoms with Gasteiger partial charge in [0, 0.05) is 22.7 Å². The van der Waals surface area contributed by atoms with E-state index in [0.717, 1.165) is 14.8 Å². The molecule has 2 rings (SSSR count). The molecule has 3 nitrogen and oxygen atoms in total.